The van der Waals surface area contributed by atoms with E-state index in [0.717, 1.165) is 39.0 Å². The van der Waals surface area contributed by atoms with Gasteiger partial charge in [0.05, 0.1) is 6.61 Å². The van der Waals surface area contributed by atoms with Gasteiger partial charge in [0.15, 0.2) is 5.85 Å². The molecule has 22 heavy (non-hydrogen) atoms. The maximum Gasteiger partial charge on any atom is 0.175 e. The number of ether oxygens (including phenoxy) is 1. The minimum atomic E-state index is -0.663. The summed E-state index contributed by atoms with van der Waals surface area (Å²) in [4.78, 5) is 2.26. The SMILES string of the molecule is NC1(N(Cc2ccccc2)Cc2ccccc2)CCCCO1. The van der Waals surface area contributed by atoms with Gasteiger partial charge in [-0.25, -0.2) is 0 Å². The third kappa shape index (κ3) is 3.74. The highest BCUT2D eigenvalue weighted by Gasteiger charge is 2.35. The molecule has 1 unspecified atom stereocenters. The van der Waals surface area contributed by atoms with Crippen molar-refractivity contribution in [3.63, 3.8) is 0 Å². The van der Waals surface area contributed by atoms with Crippen LogP contribution in [0.4, 0.5) is 0 Å². The molecule has 1 atom stereocenters. The van der Waals surface area contributed by atoms with E-state index in [9.17, 15) is 0 Å². The molecule has 0 radical (unpaired) electrons. The minimum Gasteiger partial charge on any atom is -0.347 e. The average Bonchev–Trinajstić information content (AvgIpc) is 2.57. The van der Waals surface area contributed by atoms with Crippen LogP contribution in [-0.4, -0.2) is 17.4 Å². The highest BCUT2D eigenvalue weighted by Crippen LogP contribution is 2.27. The van der Waals surface area contributed by atoms with Gasteiger partial charge in [0.1, 0.15) is 0 Å². The van der Waals surface area contributed by atoms with Crippen LogP contribution >= 0.6 is 0 Å². The van der Waals surface area contributed by atoms with Crippen molar-refractivity contribution in [2.45, 2.75) is 38.2 Å². The predicted molar refractivity (Wildman–Crippen MR) is 88.9 cm³/mol. The van der Waals surface area contributed by atoms with Crippen LogP contribution in [0.15, 0.2) is 60.7 Å². The topological polar surface area (TPSA) is 38.5 Å². The summed E-state index contributed by atoms with van der Waals surface area (Å²) in [7, 11) is 0. The monoisotopic (exact) mass is 296 g/mol. The van der Waals surface area contributed by atoms with Crippen LogP contribution in [-0.2, 0) is 17.8 Å². The van der Waals surface area contributed by atoms with E-state index >= 15 is 0 Å². The molecule has 2 N–H and O–H groups in total. The Bertz CT molecular complexity index is 523. The van der Waals surface area contributed by atoms with Crippen molar-refractivity contribution in [3.8, 4) is 0 Å². The van der Waals surface area contributed by atoms with Crippen molar-refractivity contribution in [3.05, 3.63) is 71.8 Å². The number of hydrogen-bond donors (Lipinski definition) is 1. The molecule has 3 nitrogen and oxygen atoms in total. The minimum absolute atomic E-state index is 0.663. The molecule has 3 rings (SSSR count). The van der Waals surface area contributed by atoms with Crippen molar-refractivity contribution < 1.29 is 4.74 Å². The first-order valence-corrected chi connectivity index (χ1v) is 8.02. The van der Waals surface area contributed by atoms with Crippen molar-refractivity contribution in [2.75, 3.05) is 6.61 Å². The van der Waals surface area contributed by atoms with Crippen LogP contribution < -0.4 is 5.73 Å². The van der Waals surface area contributed by atoms with E-state index in [0.29, 0.717) is 0 Å². The molecular formula is C19H24N2O. The average molecular weight is 296 g/mol. The molecule has 0 aromatic heterocycles. The van der Waals surface area contributed by atoms with Crippen molar-refractivity contribution >= 4 is 0 Å². The van der Waals surface area contributed by atoms with Crippen molar-refractivity contribution in [1.82, 2.24) is 4.90 Å². The molecule has 1 saturated heterocycles. The summed E-state index contributed by atoms with van der Waals surface area (Å²) >= 11 is 0. The largest absolute Gasteiger partial charge is 0.347 e. The summed E-state index contributed by atoms with van der Waals surface area (Å²) in [6.07, 6.45) is 3.10. The van der Waals surface area contributed by atoms with E-state index in [2.05, 4.69) is 53.4 Å². The van der Waals surface area contributed by atoms with E-state index in [1.165, 1.54) is 11.1 Å². The van der Waals surface area contributed by atoms with Gasteiger partial charge in [-0.2, -0.15) is 0 Å². The summed E-state index contributed by atoms with van der Waals surface area (Å²) in [6.45, 7) is 2.34. The Labute approximate surface area is 132 Å². The first kappa shape index (κ1) is 15.2. The van der Waals surface area contributed by atoms with E-state index in [1.807, 2.05) is 12.1 Å². The van der Waals surface area contributed by atoms with Gasteiger partial charge < -0.3 is 4.74 Å². The summed E-state index contributed by atoms with van der Waals surface area (Å²) < 4.78 is 5.98. The molecular weight excluding hydrogens is 272 g/mol. The van der Waals surface area contributed by atoms with E-state index in [1.54, 1.807) is 0 Å². The first-order valence-electron chi connectivity index (χ1n) is 8.02. The van der Waals surface area contributed by atoms with Crippen molar-refractivity contribution in [1.29, 1.82) is 0 Å². The van der Waals surface area contributed by atoms with Crippen LogP contribution in [0.1, 0.15) is 30.4 Å². The molecule has 0 bridgehead atoms. The second-order valence-electron chi connectivity index (χ2n) is 5.98. The van der Waals surface area contributed by atoms with Gasteiger partial charge in [-0.05, 0) is 24.0 Å². The molecule has 3 heteroatoms. The fourth-order valence-electron chi connectivity index (χ4n) is 2.98. The highest BCUT2D eigenvalue weighted by molar-refractivity contribution is 5.17. The lowest BCUT2D eigenvalue weighted by Gasteiger charge is -2.43. The van der Waals surface area contributed by atoms with Gasteiger partial charge in [-0.1, -0.05) is 60.7 Å². The summed E-state index contributed by atoms with van der Waals surface area (Å²) in [6, 6.07) is 20.9. The van der Waals surface area contributed by atoms with Gasteiger partial charge in [0.2, 0.25) is 0 Å². The Kier molecular flexibility index (Phi) is 4.88. The number of nitrogens with two attached hydrogens (primary N) is 1. The Morgan fingerprint density at radius 1 is 0.864 bits per heavy atom. The molecule has 1 fully saturated rings. The molecule has 1 aliphatic rings. The highest BCUT2D eigenvalue weighted by atomic mass is 16.5. The van der Waals surface area contributed by atoms with Crippen LogP contribution in [0, 0.1) is 0 Å². The Morgan fingerprint density at radius 2 is 1.41 bits per heavy atom. The lowest BCUT2D eigenvalue weighted by Crippen LogP contribution is -2.58. The lowest BCUT2D eigenvalue weighted by atomic mass is 10.1. The van der Waals surface area contributed by atoms with Gasteiger partial charge >= 0.3 is 0 Å². The van der Waals surface area contributed by atoms with Gasteiger partial charge in [0.25, 0.3) is 0 Å². The van der Waals surface area contributed by atoms with Gasteiger partial charge in [-0.3, -0.25) is 10.6 Å². The second-order valence-corrected chi connectivity index (χ2v) is 5.98. The Balaban J connectivity index is 1.81. The third-order valence-corrected chi connectivity index (χ3v) is 4.25. The lowest BCUT2D eigenvalue weighted by molar-refractivity contribution is -0.184. The molecule has 116 valence electrons. The molecule has 0 amide bonds. The maximum absolute atomic E-state index is 6.60. The molecule has 2 aromatic rings. The first-order chi connectivity index (χ1) is 10.8. The van der Waals surface area contributed by atoms with E-state index in [4.69, 9.17) is 10.5 Å². The standard InChI is InChI=1S/C19H24N2O/c20-19(13-7-8-14-22-19)21(15-17-9-3-1-4-10-17)16-18-11-5-2-6-12-18/h1-6,9-12H,7-8,13-16,20H2. The summed E-state index contributed by atoms with van der Waals surface area (Å²) in [5.74, 6) is -0.663. The maximum atomic E-state index is 6.60. The zero-order chi connectivity index (χ0) is 15.3. The number of benzene rings is 2. The Morgan fingerprint density at radius 3 is 1.86 bits per heavy atom. The second kappa shape index (κ2) is 7.05. The molecule has 0 saturated carbocycles. The normalized spacial score (nSPS) is 21.9. The van der Waals surface area contributed by atoms with Crippen LogP contribution in [0.3, 0.4) is 0 Å². The fraction of sp³-hybridized carbons (Fsp3) is 0.368. The van der Waals surface area contributed by atoms with Crippen LogP contribution in [0.25, 0.3) is 0 Å². The summed E-state index contributed by atoms with van der Waals surface area (Å²) in [5, 5.41) is 0. The van der Waals surface area contributed by atoms with Crippen molar-refractivity contribution in [2.24, 2.45) is 5.73 Å². The zero-order valence-corrected chi connectivity index (χ0v) is 12.9. The van der Waals surface area contributed by atoms with Gasteiger partial charge in [-0.15, -0.1) is 0 Å². The number of rotatable bonds is 5. The zero-order valence-electron chi connectivity index (χ0n) is 12.9. The predicted octanol–water partition coefficient (Wildman–Crippen LogP) is 3.50. The van der Waals surface area contributed by atoms with Gasteiger partial charge in [0, 0.05) is 19.5 Å². The smallest absolute Gasteiger partial charge is 0.175 e. The third-order valence-electron chi connectivity index (χ3n) is 4.25. The fourth-order valence-corrected chi connectivity index (χ4v) is 2.98. The molecule has 2 aromatic carbocycles. The van der Waals surface area contributed by atoms with Crippen LogP contribution in [0.2, 0.25) is 0 Å². The molecule has 1 aliphatic heterocycles. The van der Waals surface area contributed by atoms with E-state index in [-0.39, 0.29) is 0 Å². The number of hydrogen-bond acceptors (Lipinski definition) is 3. The molecule has 0 spiro atoms. The Hall–Kier alpha value is -1.68. The quantitative estimate of drug-likeness (QED) is 0.858. The van der Waals surface area contributed by atoms with Crippen LogP contribution in [0.5, 0.6) is 0 Å². The van der Waals surface area contributed by atoms with E-state index < -0.39 is 5.85 Å². The molecule has 0 aliphatic carbocycles. The number of nitrogens with zero attached hydrogens (tertiary/aromatic N) is 1. The summed E-state index contributed by atoms with van der Waals surface area (Å²) in [5.41, 5.74) is 9.13. The molecule has 1 heterocycles.